The molecule has 2 N–H and O–H groups in total. The molecule has 1 saturated carbocycles. The highest BCUT2D eigenvalue weighted by molar-refractivity contribution is 7.81. The normalized spacial score (nSPS) is 24.1. The number of fused-ring (bicyclic) bond motifs is 3. The van der Waals surface area contributed by atoms with E-state index < -0.39 is 23.1 Å². The summed E-state index contributed by atoms with van der Waals surface area (Å²) < 4.78 is 45.9. The number of benzene rings is 2. The number of halogens is 1. The van der Waals surface area contributed by atoms with Crippen molar-refractivity contribution >= 4 is 28.6 Å². The van der Waals surface area contributed by atoms with E-state index in [1.54, 1.807) is 6.07 Å². The highest BCUT2D eigenvalue weighted by Crippen LogP contribution is 2.56. The molecule has 0 bridgehead atoms. The summed E-state index contributed by atoms with van der Waals surface area (Å²) in [7, 11) is 0. The zero-order valence-corrected chi connectivity index (χ0v) is 19.3. The monoisotopic (exact) mass is 489 g/mol. The minimum absolute atomic E-state index is 0.0279. The molecule has 1 aliphatic carbocycles. The van der Waals surface area contributed by atoms with Gasteiger partial charge in [0.25, 0.3) is 0 Å². The fraction of sp³-hybridized carbons (Fsp3) is 0.458. The average molecular weight is 490 g/mol. The second-order valence-corrected chi connectivity index (χ2v) is 10.1. The minimum atomic E-state index is -2.86. The fourth-order valence-corrected chi connectivity index (χ4v) is 6.01. The van der Waals surface area contributed by atoms with E-state index in [1.807, 2.05) is 0 Å². The summed E-state index contributed by atoms with van der Waals surface area (Å²) in [5, 5.41) is 19.2. The van der Waals surface area contributed by atoms with Crippen molar-refractivity contribution in [2.75, 3.05) is 37.2 Å². The number of carbonyl (C=O) groups is 1. The lowest BCUT2D eigenvalue weighted by Crippen LogP contribution is -2.26. The van der Waals surface area contributed by atoms with Crippen molar-refractivity contribution in [2.24, 2.45) is 11.8 Å². The predicted molar refractivity (Wildman–Crippen MR) is 123 cm³/mol. The summed E-state index contributed by atoms with van der Waals surface area (Å²) in [6, 6.07) is 7.12. The molecule has 34 heavy (non-hydrogen) atoms. The standard InChI is InChI=1S/C24H27FN2O6S/c25-17-1-3-20(15(10-17)9-14-5-6-26(12-14)7-8-28)27(34(31)32)21-4-2-18-19-11-16(19)13-33-23(18)22(21)24(29)30/h1-4,10,14,16,19,28H,5-9,11-13H2,(H,29,30)(H,31,32)/p-1/t14-,16-,19-/m0/s1. The van der Waals surface area contributed by atoms with Crippen LogP contribution >= 0.6 is 0 Å². The first-order valence-electron chi connectivity index (χ1n) is 11.4. The van der Waals surface area contributed by atoms with Gasteiger partial charge in [0.2, 0.25) is 0 Å². The molecule has 5 rings (SSSR count). The molecule has 2 aromatic rings. The Morgan fingerprint density at radius 1 is 1.29 bits per heavy atom. The summed E-state index contributed by atoms with van der Waals surface area (Å²) in [6.07, 6.45) is 2.20. The number of rotatable bonds is 8. The van der Waals surface area contributed by atoms with Crippen molar-refractivity contribution in [1.29, 1.82) is 0 Å². The number of carboxylic acids is 1. The number of aromatic carboxylic acids is 1. The van der Waals surface area contributed by atoms with Crippen LogP contribution in [0.1, 0.15) is 40.2 Å². The molecular formula is C24H26FN2O6S-. The number of hydrogen-bond acceptors (Lipinski definition) is 6. The number of nitrogens with zero attached hydrogens (tertiary/aromatic N) is 2. The number of hydrogen-bond donors (Lipinski definition) is 2. The van der Waals surface area contributed by atoms with Crippen LogP contribution in [0.25, 0.3) is 0 Å². The van der Waals surface area contributed by atoms with Crippen LogP contribution in [0.5, 0.6) is 5.75 Å². The molecule has 2 aliphatic heterocycles. The van der Waals surface area contributed by atoms with Crippen molar-refractivity contribution in [3.05, 3.63) is 52.8 Å². The molecule has 2 heterocycles. The van der Waals surface area contributed by atoms with Gasteiger partial charge in [-0.05, 0) is 73.0 Å². The van der Waals surface area contributed by atoms with Crippen LogP contribution in [-0.2, 0) is 17.7 Å². The molecular weight excluding hydrogens is 463 g/mol. The lowest BCUT2D eigenvalue weighted by Gasteiger charge is -2.31. The van der Waals surface area contributed by atoms with Gasteiger partial charge in [-0.25, -0.2) is 9.18 Å². The molecule has 1 saturated heterocycles. The quantitative estimate of drug-likeness (QED) is 0.548. The first-order chi connectivity index (χ1) is 16.4. The van der Waals surface area contributed by atoms with E-state index in [0.717, 1.165) is 29.3 Å². The molecule has 0 amide bonds. The number of aliphatic hydroxyl groups is 1. The van der Waals surface area contributed by atoms with Gasteiger partial charge in [-0.15, -0.1) is 0 Å². The molecule has 3 aliphatic rings. The van der Waals surface area contributed by atoms with Crippen LogP contribution in [-0.4, -0.2) is 62.7 Å². The van der Waals surface area contributed by atoms with E-state index in [2.05, 4.69) is 4.90 Å². The Balaban J connectivity index is 1.55. The van der Waals surface area contributed by atoms with E-state index in [9.17, 15) is 28.2 Å². The maximum atomic E-state index is 14.2. The fourth-order valence-electron chi connectivity index (χ4n) is 5.36. The van der Waals surface area contributed by atoms with Gasteiger partial charge >= 0.3 is 5.97 Å². The topological polar surface area (TPSA) is 113 Å². The minimum Gasteiger partial charge on any atom is -0.755 e. The molecule has 0 spiro atoms. The molecule has 0 aromatic heterocycles. The number of ether oxygens (including phenoxy) is 1. The number of anilines is 2. The Morgan fingerprint density at radius 3 is 2.82 bits per heavy atom. The number of aliphatic hydroxyl groups excluding tert-OH is 1. The van der Waals surface area contributed by atoms with Crippen LogP contribution in [0.2, 0.25) is 0 Å². The molecule has 10 heteroatoms. The van der Waals surface area contributed by atoms with E-state index in [0.29, 0.717) is 37.6 Å². The van der Waals surface area contributed by atoms with Crippen molar-refractivity contribution in [2.45, 2.75) is 25.2 Å². The van der Waals surface area contributed by atoms with Crippen LogP contribution in [0, 0.1) is 17.7 Å². The smallest absolute Gasteiger partial charge is 0.341 e. The summed E-state index contributed by atoms with van der Waals surface area (Å²) in [5.41, 5.74) is 1.27. The zero-order chi connectivity index (χ0) is 24.0. The molecule has 2 fully saturated rings. The van der Waals surface area contributed by atoms with Crippen LogP contribution in [0.4, 0.5) is 15.8 Å². The molecule has 4 atom stereocenters. The van der Waals surface area contributed by atoms with Gasteiger partial charge in [0.1, 0.15) is 17.1 Å². The Hall–Kier alpha value is -2.53. The number of likely N-dealkylation sites (tertiary alicyclic amines) is 1. The van der Waals surface area contributed by atoms with E-state index in [-0.39, 0.29) is 41.1 Å². The highest BCUT2D eigenvalue weighted by atomic mass is 32.2. The molecule has 2 aromatic carbocycles. The average Bonchev–Trinajstić information content (AvgIpc) is 3.47. The Morgan fingerprint density at radius 2 is 2.09 bits per heavy atom. The van der Waals surface area contributed by atoms with Crippen molar-refractivity contribution in [1.82, 2.24) is 4.90 Å². The maximum absolute atomic E-state index is 14.2. The third kappa shape index (κ3) is 4.31. The Labute approximate surface area is 199 Å². The van der Waals surface area contributed by atoms with Crippen LogP contribution in [0.15, 0.2) is 30.3 Å². The third-order valence-corrected chi connectivity index (χ3v) is 7.76. The SMILES string of the molecule is O=C(O)c1c(N(c2ccc(F)cc2C[C@@H]2CCN(CCO)C2)S(=O)[O-])ccc2c1OC[C@@H]1C[C@H]21. The molecule has 182 valence electrons. The summed E-state index contributed by atoms with van der Waals surface area (Å²) in [6.45, 7) is 2.55. The summed E-state index contributed by atoms with van der Waals surface area (Å²) in [4.78, 5) is 14.4. The van der Waals surface area contributed by atoms with Gasteiger partial charge in [0.15, 0.2) is 0 Å². The first-order valence-corrected chi connectivity index (χ1v) is 12.4. The Bertz CT molecular complexity index is 1140. The second-order valence-electron chi connectivity index (χ2n) is 9.26. The van der Waals surface area contributed by atoms with Crippen molar-refractivity contribution in [3.8, 4) is 5.75 Å². The number of carboxylic acid groups (broad SMARTS) is 1. The molecule has 1 unspecified atom stereocenters. The maximum Gasteiger partial charge on any atom is 0.341 e. The largest absolute Gasteiger partial charge is 0.755 e. The van der Waals surface area contributed by atoms with Crippen molar-refractivity contribution < 1.29 is 32.9 Å². The van der Waals surface area contributed by atoms with E-state index >= 15 is 0 Å². The molecule has 0 radical (unpaired) electrons. The van der Waals surface area contributed by atoms with Crippen LogP contribution < -0.4 is 9.04 Å². The lowest BCUT2D eigenvalue weighted by atomic mass is 9.96. The predicted octanol–water partition coefficient (Wildman–Crippen LogP) is 2.81. The van der Waals surface area contributed by atoms with Gasteiger partial charge in [-0.1, -0.05) is 6.07 Å². The van der Waals surface area contributed by atoms with Crippen LogP contribution in [0.3, 0.4) is 0 Å². The van der Waals surface area contributed by atoms with Gasteiger partial charge < -0.3 is 24.4 Å². The van der Waals surface area contributed by atoms with E-state index in [1.165, 1.54) is 24.3 Å². The van der Waals surface area contributed by atoms with Crippen molar-refractivity contribution in [3.63, 3.8) is 0 Å². The zero-order valence-electron chi connectivity index (χ0n) is 18.5. The van der Waals surface area contributed by atoms with Gasteiger partial charge in [-0.3, -0.25) is 8.51 Å². The third-order valence-electron chi connectivity index (χ3n) is 7.07. The highest BCUT2D eigenvalue weighted by Gasteiger charge is 2.45. The molecule has 8 nitrogen and oxygen atoms in total. The van der Waals surface area contributed by atoms with E-state index in [4.69, 9.17) is 4.74 Å². The lowest BCUT2D eigenvalue weighted by molar-refractivity contribution is 0.0692. The first kappa shape index (κ1) is 23.2. The van der Waals surface area contributed by atoms with Gasteiger partial charge in [-0.2, -0.15) is 0 Å². The summed E-state index contributed by atoms with van der Waals surface area (Å²) >= 11 is -2.86. The second kappa shape index (κ2) is 9.26. The van der Waals surface area contributed by atoms with Gasteiger partial charge in [0, 0.05) is 19.0 Å². The number of β-amino-alcohol motifs (C(OH)–C–C–N with tert-alkyl or cyclic N) is 1. The summed E-state index contributed by atoms with van der Waals surface area (Å²) in [5.74, 6) is -0.768. The van der Waals surface area contributed by atoms with Gasteiger partial charge in [0.05, 0.1) is 35.9 Å². The Kier molecular flexibility index (Phi) is 6.32.